The van der Waals surface area contributed by atoms with Gasteiger partial charge >= 0.3 is 6.09 Å². The van der Waals surface area contributed by atoms with Gasteiger partial charge in [0.25, 0.3) is 0 Å². The highest BCUT2D eigenvalue weighted by molar-refractivity contribution is 7.10. The standard InChI is InChI=1S/C17H28N2O2S/c1-13(15-7-6-10-22-15)18(5)11-14-8-9-19(12-14)16(20)21-17(2,3)4/h6-7,10,13-14H,8-9,11-12H2,1-5H3/t13-,14+/m1/s1. The first-order valence-corrected chi connectivity index (χ1v) is 8.86. The van der Waals surface area contributed by atoms with E-state index in [9.17, 15) is 4.79 Å². The average Bonchev–Trinajstić information content (AvgIpc) is 3.06. The molecule has 1 aromatic heterocycles. The Kier molecular flexibility index (Phi) is 5.50. The van der Waals surface area contributed by atoms with Gasteiger partial charge in [0.15, 0.2) is 0 Å². The van der Waals surface area contributed by atoms with E-state index in [0.29, 0.717) is 12.0 Å². The summed E-state index contributed by atoms with van der Waals surface area (Å²) < 4.78 is 5.46. The minimum atomic E-state index is -0.417. The number of carbonyl (C=O) groups is 1. The van der Waals surface area contributed by atoms with Crippen LogP contribution in [0.2, 0.25) is 0 Å². The van der Waals surface area contributed by atoms with E-state index in [1.807, 2.05) is 25.7 Å². The van der Waals surface area contributed by atoms with Gasteiger partial charge in [-0.25, -0.2) is 4.79 Å². The Hall–Kier alpha value is -1.07. The second-order valence-corrected chi connectivity index (χ2v) is 8.19. The minimum Gasteiger partial charge on any atom is -0.444 e. The van der Waals surface area contributed by atoms with E-state index in [2.05, 4.69) is 36.4 Å². The van der Waals surface area contributed by atoms with Crippen LogP contribution < -0.4 is 0 Å². The number of amides is 1. The van der Waals surface area contributed by atoms with Crippen molar-refractivity contribution in [1.29, 1.82) is 0 Å². The summed E-state index contributed by atoms with van der Waals surface area (Å²) in [6.07, 6.45) is 0.879. The molecule has 0 saturated carbocycles. The Labute approximate surface area is 138 Å². The van der Waals surface area contributed by atoms with Crippen LogP contribution in [0.1, 0.15) is 45.0 Å². The zero-order chi connectivity index (χ0) is 16.3. The molecule has 0 unspecified atom stereocenters. The van der Waals surface area contributed by atoms with Gasteiger partial charge in [0.05, 0.1) is 0 Å². The lowest BCUT2D eigenvalue weighted by atomic mass is 10.1. The van der Waals surface area contributed by atoms with Crippen LogP contribution in [-0.4, -0.2) is 48.2 Å². The number of ether oxygens (including phenoxy) is 1. The fourth-order valence-electron chi connectivity index (χ4n) is 2.79. The highest BCUT2D eigenvalue weighted by Crippen LogP contribution is 2.26. The van der Waals surface area contributed by atoms with Gasteiger partial charge in [-0.05, 0) is 58.5 Å². The average molecular weight is 324 g/mol. The zero-order valence-electron chi connectivity index (χ0n) is 14.3. The molecule has 2 heterocycles. The summed E-state index contributed by atoms with van der Waals surface area (Å²) in [5, 5.41) is 2.12. The van der Waals surface area contributed by atoms with Gasteiger partial charge in [-0.2, -0.15) is 0 Å². The third kappa shape index (κ3) is 4.71. The van der Waals surface area contributed by atoms with E-state index >= 15 is 0 Å². The fraction of sp³-hybridized carbons (Fsp3) is 0.706. The molecule has 1 aliphatic heterocycles. The number of nitrogens with zero attached hydrogens (tertiary/aromatic N) is 2. The minimum absolute atomic E-state index is 0.177. The highest BCUT2D eigenvalue weighted by Gasteiger charge is 2.30. The van der Waals surface area contributed by atoms with Crippen LogP contribution in [0.4, 0.5) is 4.79 Å². The van der Waals surface area contributed by atoms with Crippen molar-refractivity contribution in [2.45, 2.75) is 45.8 Å². The predicted molar refractivity (Wildman–Crippen MR) is 91.3 cm³/mol. The number of likely N-dealkylation sites (tertiary alicyclic amines) is 1. The summed E-state index contributed by atoms with van der Waals surface area (Å²) in [6.45, 7) is 10.6. The molecule has 2 rings (SSSR count). The second-order valence-electron chi connectivity index (χ2n) is 7.21. The molecular weight excluding hydrogens is 296 g/mol. The van der Waals surface area contributed by atoms with E-state index in [-0.39, 0.29) is 6.09 Å². The van der Waals surface area contributed by atoms with Crippen molar-refractivity contribution in [1.82, 2.24) is 9.80 Å². The van der Waals surface area contributed by atoms with E-state index in [1.54, 1.807) is 11.3 Å². The molecule has 0 spiro atoms. The van der Waals surface area contributed by atoms with Crippen molar-refractivity contribution in [3.8, 4) is 0 Å². The number of carbonyl (C=O) groups excluding carboxylic acids is 1. The Morgan fingerprint density at radius 1 is 1.55 bits per heavy atom. The summed E-state index contributed by atoms with van der Waals surface area (Å²) in [6, 6.07) is 4.72. The van der Waals surface area contributed by atoms with E-state index in [1.165, 1.54) is 4.88 Å². The lowest BCUT2D eigenvalue weighted by molar-refractivity contribution is 0.0285. The Balaban J connectivity index is 1.82. The smallest absolute Gasteiger partial charge is 0.410 e. The van der Waals surface area contributed by atoms with Crippen LogP contribution in [0.25, 0.3) is 0 Å². The molecule has 0 radical (unpaired) electrons. The Morgan fingerprint density at radius 2 is 2.27 bits per heavy atom. The Morgan fingerprint density at radius 3 is 2.86 bits per heavy atom. The third-order valence-electron chi connectivity index (χ3n) is 4.10. The normalized spacial score (nSPS) is 20.5. The van der Waals surface area contributed by atoms with Crippen molar-refractivity contribution in [2.75, 3.05) is 26.7 Å². The van der Waals surface area contributed by atoms with E-state index in [4.69, 9.17) is 4.74 Å². The van der Waals surface area contributed by atoms with Crippen molar-refractivity contribution in [3.63, 3.8) is 0 Å². The van der Waals surface area contributed by atoms with Crippen LogP contribution in [-0.2, 0) is 4.74 Å². The van der Waals surface area contributed by atoms with Crippen molar-refractivity contribution < 1.29 is 9.53 Å². The summed E-state index contributed by atoms with van der Waals surface area (Å²) >= 11 is 1.80. The van der Waals surface area contributed by atoms with Gasteiger partial charge in [0.2, 0.25) is 0 Å². The fourth-order valence-corrected chi connectivity index (χ4v) is 3.63. The van der Waals surface area contributed by atoms with E-state index < -0.39 is 5.60 Å². The van der Waals surface area contributed by atoms with Gasteiger partial charge in [0.1, 0.15) is 5.60 Å². The number of thiophene rings is 1. The van der Waals surface area contributed by atoms with Crippen LogP contribution in [0, 0.1) is 5.92 Å². The first-order valence-electron chi connectivity index (χ1n) is 7.98. The topological polar surface area (TPSA) is 32.8 Å². The summed E-state index contributed by atoms with van der Waals surface area (Å²) in [5.74, 6) is 0.528. The second kappa shape index (κ2) is 7.01. The molecule has 0 N–H and O–H groups in total. The largest absolute Gasteiger partial charge is 0.444 e. The lowest BCUT2D eigenvalue weighted by Crippen LogP contribution is -2.36. The van der Waals surface area contributed by atoms with Crippen molar-refractivity contribution in [3.05, 3.63) is 22.4 Å². The number of hydrogen-bond acceptors (Lipinski definition) is 4. The summed E-state index contributed by atoms with van der Waals surface area (Å²) in [5.41, 5.74) is -0.417. The molecule has 5 heteroatoms. The summed E-state index contributed by atoms with van der Waals surface area (Å²) in [4.78, 5) is 17.7. The van der Waals surface area contributed by atoms with Gasteiger partial charge in [-0.3, -0.25) is 4.90 Å². The van der Waals surface area contributed by atoms with Gasteiger partial charge in [-0.1, -0.05) is 6.07 Å². The maximum Gasteiger partial charge on any atom is 0.410 e. The SMILES string of the molecule is C[C@H](c1cccs1)N(C)C[C@@H]1CCN(C(=O)OC(C)(C)C)C1. The molecule has 4 nitrogen and oxygen atoms in total. The third-order valence-corrected chi connectivity index (χ3v) is 5.14. The molecule has 1 aliphatic rings. The van der Waals surface area contributed by atoms with Crippen LogP contribution in [0.15, 0.2) is 17.5 Å². The quantitative estimate of drug-likeness (QED) is 0.839. The lowest BCUT2D eigenvalue weighted by Gasteiger charge is -2.27. The van der Waals surface area contributed by atoms with E-state index in [0.717, 1.165) is 26.1 Å². The molecule has 0 aliphatic carbocycles. The van der Waals surface area contributed by atoms with Crippen LogP contribution in [0.3, 0.4) is 0 Å². The van der Waals surface area contributed by atoms with Gasteiger partial charge < -0.3 is 9.64 Å². The maximum atomic E-state index is 12.1. The summed E-state index contributed by atoms with van der Waals surface area (Å²) in [7, 11) is 2.17. The molecule has 1 aromatic rings. The van der Waals surface area contributed by atoms with Crippen LogP contribution >= 0.6 is 11.3 Å². The van der Waals surface area contributed by atoms with Gasteiger partial charge in [-0.15, -0.1) is 11.3 Å². The molecule has 2 atom stereocenters. The zero-order valence-corrected chi connectivity index (χ0v) is 15.2. The first kappa shape index (κ1) is 17.3. The highest BCUT2D eigenvalue weighted by atomic mass is 32.1. The maximum absolute atomic E-state index is 12.1. The molecule has 124 valence electrons. The van der Waals surface area contributed by atoms with Gasteiger partial charge in [0, 0.05) is 30.6 Å². The molecular formula is C17H28N2O2S. The molecule has 22 heavy (non-hydrogen) atoms. The molecule has 1 amide bonds. The predicted octanol–water partition coefficient (Wildman–Crippen LogP) is 4.00. The molecule has 0 bridgehead atoms. The molecule has 1 fully saturated rings. The first-order chi connectivity index (χ1) is 10.3. The molecule has 0 aromatic carbocycles. The van der Waals surface area contributed by atoms with Crippen molar-refractivity contribution >= 4 is 17.4 Å². The monoisotopic (exact) mass is 324 g/mol. The number of hydrogen-bond donors (Lipinski definition) is 0. The van der Waals surface area contributed by atoms with Crippen molar-refractivity contribution in [2.24, 2.45) is 5.92 Å². The van der Waals surface area contributed by atoms with Crippen LogP contribution in [0.5, 0.6) is 0 Å². The molecule has 1 saturated heterocycles. The number of rotatable bonds is 4. The Bertz CT molecular complexity index is 481.